The number of carbonyl (C=O) groups excluding carboxylic acids is 2. The first-order valence-corrected chi connectivity index (χ1v) is 10.9. The molecule has 7 heteroatoms. The smallest absolute Gasteiger partial charge is 0.262 e. The molecular formula is C21H22Br2N2O3. The molecule has 0 radical (unpaired) electrons. The second-order valence-electron chi connectivity index (χ2n) is 6.80. The molecule has 0 aliphatic heterocycles. The average molecular weight is 510 g/mol. The monoisotopic (exact) mass is 508 g/mol. The fraction of sp³-hybridized carbons (Fsp3) is 0.333. The van der Waals surface area contributed by atoms with Crippen molar-refractivity contribution in [2.24, 2.45) is 0 Å². The number of hydrogen-bond acceptors (Lipinski definition) is 3. The Hall–Kier alpha value is -1.86. The van der Waals surface area contributed by atoms with Crippen LogP contribution in [0, 0.1) is 0 Å². The van der Waals surface area contributed by atoms with Crippen LogP contribution in [0.15, 0.2) is 51.4 Å². The van der Waals surface area contributed by atoms with Gasteiger partial charge in [0.05, 0.1) is 4.47 Å². The zero-order chi connectivity index (χ0) is 19.9. The lowest BCUT2D eigenvalue weighted by atomic mass is 9.95. The van der Waals surface area contributed by atoms with Crippen LogP contribution in [0.2, 0.25) is 0 Å². The molecule has 0 spiro atoms. The summed E-state index contributed by atoms with van der Waals surface area (Å²) in [6, 6.07) is 12.7. The maximum Gasteiger partial charge on any atom is 0.262 e. The molecule has 3 rings (SSSR count). The topological polar surface area (TPSA) is 67.4 Å². The summed E-state index contributed by atoms with van der Waals surface area (Å²) >= 11 is 6.77. The minimum atomic E-state index is -0.292. The second kappa shape index (κ2) is 10.1. The summed E-state index contributed by atoms with van der Waals surface area (Å²) in [5.41, 5.74) is 1.11. The molecule has 1 saturated carbocycles. The molecule has 5 nitrogen and oxygen atoms in total. The van der Waals surface area contributed by atoms with Gasteiger partial charge in [0.2, 0.25) is 0 Å². The van der Waals surface area contributed by atoms with Crippen LogP contribution in [0.25, 0.3) is 0 Å². The second-order valence-corrected chi connectivity index (χ2v) is 8.57. The first-order valence-electron chi connectivity index (χ1n) is 9.30. The third-order valence-corrected chi connectivity index (χ3v) is 5.71. The molecule has 0 unspecified atom stereocenters. The van der Waals surface area contributed by atoms with Crippen LogP contribution in [0.3, 0.4) is 0 Å². The van der Waals surface area contributed by atoms with Gasteiger partial charge in [-0.3, -0.25) is 9.59 Å². The zero-order valence-electron chi connectivity index (χ0n) is 15.3. The summed E-state index contributed by atoms with van der Waals surface area (Å²) in [6.07, 6.45) is 5.63. The molecule has 0 aromatic heterocycles. The van der Waals surface area contributed by atoms with E-state index in [9.17, 15) is 9.59 Å². The lowest BCUT2D eigenvalue weighted by Gasteiger charge is -2.22. The predicted molar refractivity (Wildman–Crippen MR) is 117 cm³/mol. The number of ether oxygens (including phenoxy) is 1. The van der Waals surface area contributed by atoms with Crippen molar-refractivity contribution in [2.45, 2.75) is 38.1 Å². The lowest BCUT2D eigenvalue weighted by molar-refractivity contribution is -0.118. The lowest BCUT2D eigenvalue weighted by Crippen LogP contribution is -2.36. The highest BCUT2D eigenvalue weighted by molar-refractivity contribution is 9.11. The molecule has 1 aliphatic rings. The summed E-state index contributed by atoms with van der Waals surface area (Å²) in [4.78, 5) is 24.7. The molecule has 1 aliphatic carbocycles. The van der Waals surface area contributed by atoms with Crippen molar-refractivity contribution in [3.05, 3.63) is 57.0 Å². The van der Waals surface area contributed by atoms with Gasteiger partial charge in [0.25, 0.3) is 11.8 Å². The van der Waals surface area contributed by atoms with Gasteiger partial charge in [-0.15, -0.1) is 0 Å². The van der Waals surface area contributed by atoms with Crippen LogP contribution in [-0.4, -0.2) is 24.5 Å². The largest absolute Gasteiger partial charge is 0.483 e. The van der Waals surface area contributed by atoms with E-state index in [0.29, 0.717) is 17.0 Å². The van der Waals surface area contributed by atoms with Gasteiger partial charge in [-0.2, -0.15) is 0 Å². The summed E-state index contributed by atoms with van der Waals surface area (Å²) in [7, 11) is 0. The predicted octanol–water partition coefficient (Wildman–Crippen LogP) is 5.29. The van der Waals surface area contributed by atoms with Crippen molar-refractivity contribution in [3.63, 3.8) is 0 Å². The third kappa shape index (κ3) is 6.07. The first kappa shape index (κ1) is 20.9. The molecule has 1 fully saturated rings. The Balaban J connectivity index is 1.54. The van der Waals surface area contributed by atoms with Crippen molar-refractivity contribution in [1.29, 1.82) is 0 Å². The standard InChI is InChI=1S/C21H22Br2N2O3/c22-15-9-10-19(18(23)12-15)28-13-20(26)24-17-8-4-5-14(11-17)21(27)25-16-6-2-1-3-7-16/h4-5,8-12,16H,1-3,6-7,13H2,(H,24,26)(H,25,27). The molecule has 0 saturated heterocycles. The molecular weight excluding hydrogens is 488 g/mol. The maximum atomic E-state index is 12.5. The van der Waals surface area contributed by atoms with E-state index in [0.717, 1.165) is 34.6 Å². The van der Waals surface area contributed by atoms with Gasteiger partial charge in [0, 0.05) is 21.8 Å². The fourth-order valence-corrected chi connectivity index (χ4v) is 4.35. The van der Waals surface area contributed by atoms with Crippen LogP contribution >= 0.6 is 31.9 Å². The van der Waals surface area contributed by atoms with E-state index >= 15 is 0 Å². The Labute approximate surface area is 181 Å². The van der Waals surface area contributed by atoms with E-state index in [1.54, 1.807) is 30.3 Å². The average Bonchev–Trinajstić information content (AvgIpc) is 2.68. The van der Waals surface area contributed by atoms with Crippen molar-refractivity contribution < 1.29 is 14.3 Å². The molecule has 2 aromatic rings. The SMILES string of the molecule is O=C(COc1ccc(Br)cc1Br)Nc1cccc(C(=O)NC2CCCCC2)c1. The Morgan fingerprint density at radius 2 is 1.82 bits per heavy atom. The molecule has 0 bridgehead atoms. The van der Waals surface area contributed by atoms with Gasteiger partial charge in [-0.25, -0.2) is 0 Å². The van der Waals surface area contributed by atoms with Gasteiger partial charge in [-0.1, -0.05) is 41.3 Å². The van der Waals surface area contributed by atoms with E-state index < -0.39 is 0 Å². The van der Waals surface area contributed by atoms with E-state index in [2.05, 4.69) is 42.5 Å². The summed E-state index contributed by atoms with van der Waals surface area (Å²) in [5, 5.41) is 5.86. The van der Waals surface area contributed by atoms with Crippen LogP contribution in [0.5, 0.6) is 5.75 Å². The minimum Gasteiger partial charge on any atom is -0.483 e. The highest BCUT2D eigenvalue weighted by Crippen LogP contribution is 2.28. The van der Waals surface area contributed by atoms with Gasteiger partial charge >= 0.3 is 0 Å². The number of nitrogens with one attached hydrogen (secondary N) is 2. The van der Waals surface area contributed by atoms with Gasteiger partial charge in [0.1, 0.15) is 5.75 Å². The van der Waals surface area contributed by atoms with Gasteiger partial charge < -0.3 is 15.4 Å². The molecule has 28 heavy (non-hydrogen) atoms. The zero-order valence-corrected chi connectivity index (χ0v) is 18.5. The minimum absolute atomic E-state index is 0.0990. The highest BCUT2D eigenvalue weighted by atomic mass is 79.9. The Bertz CT molecular complexity index is 851. The number of benzene rings is 2. The molecule has 0 atom stereocenters. The summed E-state index contributed by atoms with van der Waals surface area (Å²) in [5.74, 6) is 0.191. The maximum absolute atomic E-state index is 12.5. The Morgan fingerprint density at radius 1 is 1.04 bits per heavy atom. The molecule has 2 aromatic carbocycles. The van der Waals surface area contributed by atoms with Crippen molar-refractivity contribution in [3.8, 4) is 5.75 Å². The Kier molecular flexibility index (Phi) is 7.50. The number of carbonyl (C=O) groups is 2. The van der Waals surface area contributed by atoms with E-state index in [4.69, 9.17) is 4.74 Å². The molecule has 2 N–H and O–H groups in total. The number of rotatable bonds is 6. The van der Waals surface area contributed by atoms with Crippen LogP contribution in [0.4, 0.5) is 5.69 Å². The number of amides is 2. The van der Waals surface area contributed by atoms with E-state index in [1.165, 1.54) is 6.42 Å². The molecule has 2 amide bonds. The van der Waals surface area contributed by atoms with E-state index in [-0.39, 0.29) is 24.5 Å². The van der Waals surface area contributed by atoms with E-state index in [1.807, 2.05) is 12.1 Å². The van der Waals surface area contributed by atoms with Crippen molar-refractivity contribution >= 4 is 49.4 Å². The summed E-state index contributed by atoms with van der Waals surface area (Å²) < 4.78 is 7.22. The molecule has 0 heterocycles. The third-order valence-electron chi connectivity index (χ3n) is 4.60. The van der Waals surface area contributed by atoms with Gasteiger partial charge in [0.15, 0.2) is 6.61 Å². The van der Waals surface area contributed by atoms with Crippen molar-refractivity contribution in [2.75, 3.05) is 11.9 Å². The van der Waals surface area contributed by atoms with Crippen LogP contribution in [-0.2, 0) is 4.79 Å². The first-order chi connectivity index (χ1) is 13.5. The highest BCUT2D eigenvalue weighted by Gasteiger charge is 2.17. The normalized spacial score (nSPS) is 14.4. The number of anilines is 1. The van der Waals surface area contributed by atoms with Crippen LogP contribution in [0.1, 0.15) is 42.5 Å². The van der Waals surface area contributed by atoms with Crippen LogP contribution < -0.4 is 15.4 Å². The molecule has 148 valence electrons. The van der Waals surface area contributed by atoms with Crippen molar-refractivity contribution in [1.82, 2.24) is 5.32 Å². The number of hydrogen-bond donors (Lipinski definition) is 2. The fourth-order valence-electron chi connectivity index (χ4n) is 3.19. The summed E-state index contributed by atoms with van der Waals surface area (Å²) in [6.45, 7) is -0.126. The Morgan fingerprint density at radius 3 is 2.57 bits per heavy atom. The van der Waals surface area contributed by atoms with Gasteiger partial charge in [-0.05, 0) is 65.2 Å². The number of halogens is 2. The quantitative estimate of drug-likeness (QED) is 0.555.